The van der Waals surface area contributed by atoms with Crippen molar-refractivity contribution >= 4 is 21.7 Å². The molecule has 0 saturated heterocycles. The van der Waals surface area contributed by atoms with E-state index in [0.29, 0.717) is 0 Å². The van der Waals surface area contributed by atoms with E-state index in [9.17, 15) is 18.0 Å². The first-order chi connectivity index (χ1) is 8.80. The van der Waals surface area contributed by atoms with Crippen LogP contribution in [0.15, 0.2) is 18.5 Å². The van der Waals surface area contributed by atoms with Crippen molar-refractivity contribution in [1.29, 1.82) is 0 Å². The van der Waals surface area contributed by atoms with Gasteiger partial charge in [-0.3, -0.25) is 4.79 Å². The maximum Gasteiger partial charge on any atom is 0.327 e. The molecule has 0 aliphatic carbocycles. The van der Waals surface area contributed by atoms with Crippen molar-refractivity contribution in [2.45, 2.75) is 18.7 Å². The fraction of sp³-hybridized carbons (Fsp3) is 0.400. The van der Waals surface area contributed by atoms with E-state index < -0.39 is 39.3 Å². The molecule has 1 rings (SSSR count). The van der Waals surface area contributed by atoms with E-state index in [1.54, 1.807) is 0 Å². The summed E-state index contributed by atoms with van der Waals surface area (Å²) in [5, 5.41) is 10.9. The number of rotatable bonds is 6. The highest BCUT2D eigenvalue weighted by Gasteiger charge is 2.26. The Labute approximate surface area is 109 Å². The number of carbonyl (C=O) groups excluding carboxylic acids is 1. The zero-order valence-corrected chi connectivity index (χ0v) is 10.9. The maximum atomic E-state index is 11.8. The summed E-state index contributed by atoms with van der Waals surface area (Å²) in [6.07, 6.45) is 2.78. The summed E-state index contributed by atoms with van der Waals surface area (Å²) < 4.78 is 23.6. The van der Waals surface area contributed by atoms with Crippen molar-refractivity contribution in [3.05, 3.63) is 24.3 Å². The molecule has 9 heteroatoms. The molecule has 1 amide bonds. The van der Waals surface area contributed by atoms with Crippen LogP contribution in [-0.2, 0) is 25.2 Å². The molecule has 0 unspecified atom stereocenters. The van der Waals surface area contributed by atoms with Crippen molar-refractivity contribution in [2.24, 2.45) is 0 Å². The Morgan fingerprint density at radius 3 is 2.42 bits per heavy atom. The van der Waals surface area contributed by atoms with Crippen LogP contribution in [0, 0.1) is 0 Å². The number of nitrogens with one attached hydrogen (secondary N) is 1. The monoisotopic (exact) mass is 287 g/mol. The maximum absolute atomic E-state index is 11.8. The summed E-state index contributed by atoms with van der Waals surface area (Å²) in [4.78, 5) is 29.2. The Balaban J connectivity index is 2.77. The molecule has 1 aromatic rings. The van der Waals surface area contributed by atoms with Crippen LogP contribution in [0.1, 0.15) is 12.7 Å². The molecule has 1 heterocycles. The largest absolute Gasteiger partial charge is 0.480 e. The number of nitrogens with zero attached hydrogens (tertiary/aromatic N) is 2. The zero-order chi connectivity index (χ0) is 14.5. The van der Waals surface area contributed by atoms with Gasteiger partial charge in [-0.05, 0) is 6.07 Å². The summed E-state index contributed by atoms with van der Waals surface area (Å²) in [7, 11) is -3.75. The Morgan fingerprint density at radius 2 is 1.95 bits per heavy atom. The number of amides is 1. The topological polar surface area (TPSA) is 126 Å². The van der Waals surface area contributed by atoms with Gasteiger partial charge >= 0.3 is 5.97 Å². The molecule has 0 saturated carbocycles. The van der Waals surface area contributed by atoms with Crippen molar-refractivity contribution in [2.75, 3.05) is 5.75 Å². The van der Waals surface area contributed by atoms with Crippen LogP contribution in [0.4, 0.5) is 0 Å². The summed E-state index contributed by atoms with van der Waals surface area (Å²) in [6.45, 7) is 1.11. The van der Waals surface area contributed by atoms with Gasteiger partial charge in [0.1, 0.15) is 17.6 Å². The fourth-order valence-electron chi connectivity index (χ4n) is 1.33. The Bertz CT molecular complexity index is 558. The third-order valence-corrected chi connectivity index (χ3v) is 3.60. The molecule has 1 atom stereocenters. The molecule has 1 aromatic heterocycles. The van der Waals surface area contributed by atoms with Gasteiger partial charge in [0.05, 0.1) is 5.75 Å². The number of aromatic nitrogens is 2. The van der Waals surface area contributed by atoms with E-state index in [2.05, 4.69) is 15.3 Å². The molecule has 0 radical (unpaired) electrons. The predicted molar refractivity (Wildman–Crippen MR) is 64.8 cm³/mol. The lowest BCUT2D eigenvalue weighted by Crippen LogP contribution is -2.44. The number of sulfone groups is 1. The number of carboxylic acid groups (broad SMARTS) is 1. The van der Waals surface area contributed by atoms with E-state index in [1.807, 2.05) is 0 Å². The van der Waals surface area contributed by atoms with Gasteiger partial charge in [-0.2, -0.15) is 0 Å². The Hall–Kier alpha value is -2.03. The van der Waals surface area contributed by atoms with E-state index in [1.165, 1.54) is 18.5 Å². The molecular weight excluding hydrogens is 274 g/mol. The molecular formula is C10H13N3O5S. The van der Waals surface area contributed by atoms with E-state index >= 15 is 0 Å². The predicted octanol–water partition coefficient (Wildman–Crippen LogP) is -1.02. The van der Waals surface area contributed by atoms with Crippen LogP contribution in [0.3, 0.4) is 0 Å². The highest BCUT2D eigenvalue weighted by atomic mass is 32.2. The molecule has 0 spiro atoms. The van der Waals surface area contributed by atoms with Gasteiger partial charge in [0, 0.05) is 19.3 Å². The molecule has 8 nitrogen and oxygen atoms in total. The van der Waals surface area contributed by atoms with E-state index in [0.717, 1.165) is 6.92 Å². The van der Waals surface area contributed by atoms with Gasteiger partial charge in [-0.25, -0.2) is 23.2 Å². The third kappa shape index (κ3) is 5.42. The number of carbonyl (C=O) groups is 2. The lowest BCUT2D eigenvalue weighted by molar-refractivity contribution is -0.140. The smallest absolute Gasteiger partial charge is 0.327 e. The summed E-state index contributed by atoms with van der Waals surface area (Å²) in [6, 6.07) is 0.0548. The van der Waals surface area contributed by atoms with Crippen molar-refractivity contribution in [3.8, 4) is 0 Å². The van der Waals surface area contributed by atoms with Gasteiger partial charge in [0.15, 0.2) is 9.84 Å². The van der Waals surface area contributed by atoms with Gasteiger partial charge in [-0.15, -0.1) is 0 Å². The highest BCUT2D eigenvalue weighted by molar-refractivity contribution is 7.90. The average molecular weight is 287 g/mol. The van der Waals surface area contributed by atoms with Crippen molar-refractivity contribution in [3.63, 3.8) is 0 Å². The Kier molecular flexibility index (Phi) is 4.93. The minimum absolute atomic E-state index is 0.0782. The second-order valence-corrected chi connectivity index (χ2v) is 5.92. The number of hydrogen-bond donors (Lipinski definition) is 2. The first-order valence-corrected chi connectivity index (χ1v) is 7.08. The molecule has 0 aliphatic rings. The average Bonchev–Trinajstić information content (AvgIpc) is 2.27. The van der Waals surface area contributed by atoms with Crippen LogP contribution in [0.25, 0.3) is 0 Å². The SMILES string of the molecule is CC(=O)N[C@@H](CS(=O)(=O)Cc1ncccn1)C(=O)O. The zero-order valence-electron chi connectivity index (χ0n) is 10.1. The summed E-state index contributed by atoms with van der Waals surface area (Å²) in [5.41, 5.74) is 0. The minimum atomic E-state index is -3.75. The molecule has 104 valence electrons. The van der Waals surface area contributed by atoms with Gasteiger partial charge in [-0.1, -0.05) is 0 Å². The highest BCUT2D eigenvalue weighted by Crippen LogP contribution is 2.03. The normalized spacial score (nSPS) is 12.7. The lowest BCUT2D eigenvalue weighted by Gasteiger charge is -2.13. The molecule has 2 N–H and O–H groups in total. The van der Waals surface area contributed by atoms with Crippen molar-refractivity contribution < 1.29 is 23.1 Å². The van der Waals surface area contributed by atoms with Crippen LogP contribution < -0.4 is 5.32 Å². The van der Waals surface area contributed by atoms with Crippen LogP contribution in [0.2, 0.25) is 0 Å². The molecule has 0 fully saturated rings. The Morgan fingerprint density at radius 1 is 1.37 bits per heavy atom. The van der Waals surface area contributed by atoms with Crippen LogP contribution in [0.5, 0.6) is 0 Å². The molecule has 0 aromatic carbocycles. The standard InChI is InChI=1S/C10H13N3O5S/c1-7(14)13-8(10(15)16)5-19(17,18)6-9-11-3-2-4-12-9/h2-4,8H,5-6H2,1H3,(H,13,14)(H,15,16)/t8-/m0/s1. The third-order valence-electron chi connectivity index (χ3n) is 2.06. The number of aliphatic carboxylic acids is 1. The second-order valence-electron chi connectivity index (χ2n) is 3.81. The van der Waals surface area contributed by atoms with Gasteiger partial charge in [0.2, 0.25) is 5.91 Å². The first-order valence-electron chi connectivity index (χ1n) is 5.26. The lowest BCUT2D eigenvalue weighted by atomic mass is 10.3. The van der Waals surface area contributed by atoms with Crippen molar-refractivity contribution in [1.82, 2.24) is 15.3 Å². The van der Waals surface area contributed by atoms with Crippen LogP contribution in [-0.4, -0.2) is 47.2 Å². The minimum Gasteiger partial charge on any atom is -0.480 e. The molecule has 0 aliphatic heterocycles. The van der Waals surface area contributed by atoms with Gasteiger partial charge in [0.25, 0.3) is 0 Å². The van der Waals surface area contributed by atoms with E-state index in [4.69, 9.17) is 5.11 Å². The number of hydrogen-bond acceptors (Lipinski definition) is 6. The molecule has 19 heavy (non-hydrogen) atoms. The van der Waals surface area contributed by atoms with Crippen LogP contribution >= 0.6 is 0 Å². The fourth-order valence-corrected chi connectivity index (χ4v) is 2.73. The first kappa shape index (κ1) is 15.0. The number of carboxylic acids is 1. The summed E-state index contributed by atoms with van der Waals surface area (Å²) in [5.74, 6) is -3.13. The second kappa shape index (κ2) is 6.23. The molecule has 0 bridgehead atoms. The summed E-state index contributed by atoms with van der Waals surface area (Å²) >= 11 is 0. The van der Waals surface area contributed by atoms with Gasteiger partial charge < -0.3 is 10.4 Å². The van der Waals surface area contributed by atoms with E-state index in [-0.39, 0.29) is 5.82 Å². The quantitative estimate of drug-likeness (QED) is 0.685.